The van der Waals surface area contributed by atoms with Crippen LogP contribution in [0.1, 0.15) is 11.3 Å². The Labute approximate surface area is 147 Å². The summed E-state index contributed by atoms with van der Waals surface area (Å²) in [6.45, 7) is 6.61. The molecule has 0 bridgehead atoms. The van der Waals surface area contributed by atoms with Gasteiger partial charge in [-0.25, -0.2) is 4.39 Å². The Morgan fingerprint density at radius 1 is 1.12 bits per heavy atom. The molecule has 0 atom stereocenters. The predicted octanol–water partition coefficient (Wildman–Crippen LogP) is 2.29. The maximum absolute atomic E-state index is 13.6. The summed E-state index contributed by atoms with van der Waals surface area (Å²) in [6, 6.07) is 10.2. The number of amides is 1. The van der Waals surface area contributed by atoms with Gasteiger partial charge in [-0.15, -0.1) is 0 Å². The molecule has 1 aliphatic heterocycles. The van der Waals surface area contributed by atoms with Gasteiger partial charge in [0.15, 0.2) is 0 Å². The van der Waals surface area contributed by atoms with Crippen molar-refractivity contribution < 1.29 is 9.18 Å². The molecule has 0 unspecified atom stereocenters. The van der Waals surface area contributed by atoms with Crippen LogP contribution in [0.25, 0.3) is 0 Å². The van der Waals surface area contributed by atoms with Gasteiger partial charge in [0.05, 0.1) is 17.9 Å². The molecule has 1 aromatic carbocycles. The van der Waals surface area contributed by atoms with Crippen molar-refractivity contribution >= 4 is 11.6 Å². The van der Waals surface area contributed by atoms with Gasteiger partial charge in [0.2, 0.25) is 5.91 Å². The van der Waals surface area contributed by atoms with Gasteiger partial charge < -0.3 is 5.32 Å². The normalized spacial score (nSPS) is 15.9. The molecule has 1 aromatic heterocycles. The van der Waals surface area contributed by atoms with E-state index in [9.17, 15) is 9.18 Å². The zero-order chi connectivity index (χ0) is 17.6. The molecule has 1 saturated heterocycles. The fourth-order valence-corrected chi connectivity index (χ4v) is 2.96. The van der Waals surface area contributed by atoms with Crippen molar-refractivity contribution in [3.05, 3.63) is 59.7 Å². The van der Waals surface area contributed by atoms with Gasteiger partial charge in [-0.3, -0.25) is 19.6 Å². The highest BCUT2D eigenvalue weighted by atomic mass is 19.1. The summed E-state index contributed by atoms with van der Waals surface area (Å²) in [5, 5.41) is 2.64. The predicted molar refractivity (Wildman–Crippen MR) is 95.7 cm³/mol. The quantitative estimate of drug-likeness (QED) is 0.906. The highest BCUT2D eigenvalue weighted by Crippen LogP contribution is 2.13. The second-order valence-corrected chi connectivity index (χ2v) is 6.35. The van der Waals surface area contributed by atoms with Crippen LogP contribution in [0.15, 0.2) is 42.6 Å². The lowest BCUT2D eigenvalue weighted by Gasteiger charge is -2.34. The first-order chi connectivity index (χ1) is 12.1. The minimum Gasteiger partial charge on any atom is -0.322 e. The van der Waals surface area contributed by atoms with E-state index >= 15 is 0 Å². The summed E-state index contributed by atoms with van der Waals surface area (Å²) in [5.74, 6) is -0.592. The lowest BCUT2D eigenvalue weighted by molar-refractivity contribution is -0.117. The van der Waals surface area contributed by atoms with Crippen LogP contribution in [0.3, 0.4) is 0 Å². The molecule has 6 heteroatoms. The molecule has 1 amide bonds. The number of hydrogen-bond acceptors (Lipinski definition) is 4. The minimum atomic E-state index is -0.411. The van der Waals surface area contributed by atoms with Gasteiger partial charge in [0.25, 0.3) is 0 Å². The molecule has 0 aliphatic carbocycles. The van der Waals surface area contributed by atoms with Crippen LogP contribution in [0.4, 0.5) is 10.1 Å². The Bertz CT molecular complexity index is 729. The fourth-order valence-electron chi connectivity index (χ4n) is 2.96. The molecule has 25 heavy (non-hydrogen) atoms. The number of nitrogens with one attached hydrogen (secondary N) is 1. The van der Waals surface area contributed by atoms with Gasteiger partial charge >= 0.3 is 0 Å². The summed E-state index contributed by atoms with van der Waals surface area (Å²) < 4.78 is 13.6. The number of carbonyl (C=O) groups is 1. The average molecular weight is 342 g/mol. The minimum absolute atomic E-state index is 0.181. The SMILES string of the molecule is Cc1cccnc1CN1CCN(CC(=O)Nc2ccccc2F)CC1. The summed E-state index contributed by atoms with van der Waals surface area (Å²) in [5.41, 5.74) is 2.54. The maximum atomic E-state index is 13.6. The summed E-state index contributed by atoms with van der Waals surface area (Å²) in [4.78, 5) is 21.0. The Balaban J connectivity index is 1.45. The molecule has 2 aromatic rings. The largest absolute Gasteiger partial charge is 0.322 e. The Morgan fingerprint density at radius 2 is 1.84 bits per heavy atom. The molecule has 0 spiro atoms. The maximum Gasteiger partial charge on any atom is 0.238 e. The summed E-state index contributed by atoms with van der Waals surface area (Å²) >= 11 is 0. The van der Waals surface area contributed by atoms with Gasteiger partial charge in [0, 0.05) is 38.9 Å². The highest BCUT2D eigenvalue weighted by molar-refractivity contribution is 5.92. The number of hydrogen-bond donors (Lipinski definition) is 1. The van der Waals surface area contributed by atoms with Gasteiger partial charge in [0.1, 0.15) is 5.82 Å². The third-order valence-electron chi connectivity index (χ3n) is 4.47. The number of para-hydroxylation sites is 1. The zero-order valence-electron chi connectivity index (χ0n) is 14.4. The van der Waals surface area contributed by atoms with E-state index in [1.54, 1.807) is 18.2 Å². The number of anilines is 1. The lowest BCUT2D eigenvalue weighted by atomic mass is 10.2. The van der Waals surface area contributed by atoms with Crippen molar-refractivity contribution in [1.82, 2.24) is 14.8 Å². The number of rotatable bonds is 5. The molecule has 2 heterocycles. The second-order valence-electron chi connectivity index (χ2n) is 6.35. The van der Waals surface area contributed by atoms with Crippen molar-refractivity contribution in [3.8, 4) is 0 Å². The fraction of sp³-hybridized carbons (Fsp3) is 0.368. The van der Waals surface area contributed by atoms with Gasteiger partial charge in [-0.1, -0.05) is 18.2 Å². The molecule has 0 saturated carbocycles. The summed E-state index contributed by atoms with van der Waals surface area (Å²) in [6.07, 6.45) is 1.83. The van der Waals surface area contributed by atoms with Crippen LogP contribution in [-0.4, -0.2) is 53.4 Å². The topological polar surface area (TPSA) is 48.5 Å². The Kier molecular flexibility index (Phi) is 5.73. The third-order valence-corrected chi connectivity index (χ3v) is 4.47. The smallest absolute Gasteiger partial charge is 0.238 e. The van der Waals surface area contributed by atoms with Gasteiger partial charge in [-0.05, 0) is 30.7 Å². The lowest BCUT2D eigenvalue weighted by Crippen LogP contribution is -2.48. The van der Waals surface area contributed by atoms with Crippen LogP contribution in [0.2, 0.25) is 0 Å². The average Bonchev–Trinajstić information content (AvgIpc) is 2.61. The molecule has 1 fully saturated rings. The van der Waals surface area contributed by atoms with E-state index in [-0.39, 0.29) is 18.1 Å². The monoisotopic (exact) mass is 342 g/mol. The van der Waals surface area contributed by atoms with Crippen LogP contribution in [-0.2, 0) is 11.3 Å². The number of benzene rings is 1. The third kappa shape index (κ3) is 4.84. The van der Waals surface area contributed by atoms with E-state index in [0.717, 1.165) is 38.4 Å². The standard InChI is InChI=1S/C19H23FN4O/c1-15-5-4-8-21-18(15)13-23-9-11-24(12-10-23)14-19(25)22-17-7-3-2-6-16(17)20/h2-8H,9-14H2,1H3,(H,22,25). The first-order valence-corrected chi connectivity index (χ1v) is 8.51. The number of nitrogens with zero attached hydrogens (tertiary/aromatic N) is 3. The second kappa shape index (κ2) is 8.18. The van der Waals surface area contributed by atoms with Crippen LogP contribution in [0, 0.1) is 12.7 Å². The number of piperazine rings is 1. The number of aryl methyl sites for hydroxylation is 1. The van der Waals surface area contributed by atoms with Crippen molar-refractivity contribution in [1.29, 1.82) is 0 Å². The molecule has 0 radical (unpaired) electrons. The van der Waals surface area contributed by atoms with E-state index in [1.807, 2.05) is 12.3 Å². The Morgan fingerprint density at radius 3 is 2.56 bits per heavy atom. The van der Waals surface area contributed by atoms with Gasteiger partial charge in [-0.2, -0.15) is 0 Å². The number of aromatic nitrogens is 1. The van der Waals surface area contributed by atoms with E-state index < -0.39 is 5.82 Å². The highest BCUT2D eigenvalue weighted by Gasteiger charge is 2.20. The molecular formula is C19H23FN4O. The van der Waals surface area contributed by atoms with E-state index in [4.69, 9.17) is 0 Å². The summed E-state index contributed by atoms with van der Waals surface area (Å²) in [7, 11) is 0. The molecule has 132 valence electrons. The number of halogens is 1. The molecular weight excluding hydrogens is 319 g/mol. The Hall–Kier alpha value is -2.31. The first kappa shape index (κ1) is 17.5. The molecule has 3 rings (SSSR count). The molecule has 1 N–H and O–H groups in total. The number of carbonyl (C=O) groups excluding carboxylic acids is 1. The van der Waals surface area contributed by atoms with Crippen LogP contribution in [0.5, 0.6) is 0 Å². The van der Waals surface area contributed by atoms with Crippen molar-refractivity contribution in [3.63, 3.8) is 0 Å². The van der Waals surface area contributed by atoms with Crippen molar-refractivity contribution in [2.24, 2.45) is 0 Å². The number of pyridine rings is 1. The van der Waals surface area contributed by atoms with E-state index in [2.05, 4.69) is 33.1 Å². The van der Waals surface area contributed by atoms with Crippen molar-refractivity contribution in [2.75, 3.05) is 38.0 Å². The first-order valence-electron chi connectivity index (χ1n) is 8.51. The molecule has 1 aliphatic rings. The molecule has 5 nitrogen and oxygen atoms in total. The zero-order valence-corrected chi connectivity index (χ0v) is 14.4. The van der Waals surface area contributed by atoms with Crippen molar-refractivity contribution in [2.45, 2.75) is 13.5 Å². The van der Waals surface area contributed by atoms with Crippen LogP contribution < -0.4 is 5.32 Å². The van der Waals surface area contributed by atoms with E-state index in [0.29, 0.717) is 0 Å². The van der Waals surface area contributed by atoms with Crippen LogP contribution >= 0.6 is 0 Å². The van der Waals surface area contributed by atoms with E-state index in [1.165, 1.54) is 11.6 Å².